The molecule has 3 rings (SSSR count). The van der Waals surface area contributed by atoms with E-state index >= 15 is 0 Å². The van der Waals surface area contributed by atoms with Gasteiger partial charge >= 0.3 is 0 Å². The van der Waals surface area contributed by atoms with Gasteiger partial charge in [0.2, 0.25) is 0 Å². The van der Waals surface area contributed by atoms with Crippen molar-refractivity contribution in [2.45, 2.75) is 45.1 Å². The molecule has 1 atom stereocenters. The second kappa shape index (κ2) is 6.93. The van der Waals surface area contributed by atoms with Crippen LogP contribution in [0.5, 0.6) is 5.75 Å². The highest BCUT2D eigenvalue weighted by molar-refractivity contribution is 7.11. The van der Waals surface area contributed by atoms with Gasteiger partial charge in [0.15, 0.2) is 11.6 Å². The minimum atomic E-state index is -0.276. The Morgan fingerprint density at radius 1 is 1.39 bits per heavy atom. The molecule has 6 heteroatoms. The lowest BCUT2D eigenvalue weighted by atomic mass is 10.1. The first kappa shape index (κ1) is 16.3. The molecule has 124 valence electrons. The summed E-state index contributed by atoms with van der Waals surface area (Å²) in [5.74, 6) is 0.475. The lowest BCUT2D eigenvalue weighted by Gasteiger charge is -2.14. The van der Waals surface area contributed by atoms with Crippen molar-refractivity contribution in [3.63, 3.8) is 0 Å². The van der Waals surface area contributed by atoms with E-state index in [1.165, 1.54) is 7.11 Å². The fourth-order valence-electron chi connectivity index (χ4n) is 2.93. The molecule has 4 nitrogen and oxygen atoms in total. The third kappa shape index (κ3) is 3.53. The minimum absolute atomic E-state index is 0.261. The van der Waals surface area contributed by atoms with Crippen molar-refractivity contribution in [1.82, 2.24) is 15.5 Å². The van der Waals surface area contributed by atoms with Crippen LogP contribution in [0.1, 0.15) is 53.4 Å². The second-order valence-corrected chi connectivity index (χ2v) is 7.26. The summed E-state index contributed by atoms with van der Waals surface area (Å²) >= 11 is 1.69. The molecule has 2 aromatic rings. The third-order valence-corrected chi connectivity index (χ3v) is 5.48. The molecular weight excluding hydrogens is 313 g/mol. The third-order valence-electron chi connectivity index (χ3n) is 4.20. The van der Waals surface area contributed by atoms with Crippen LogP contribution in [0, 0.1) is 5.82 Å². The van der Waals surface area contributed by atoms with Crippen molar-refractivity contribution in [3.05, 3.63) is 39.1 Å². The van der Waals surface area contributed by atoms with Crippen LogP contribution in [0.15, 0.2) is 12.1 Å². The molecule has 23 heavy (non-hydrogen) atoms. The highest BCUT2D eigenvalue weighted by atomic mass is 32.1. The summed E-state index contributed by atoms with van der Waals surface area (Å²) in [5.41, 5.74) is 2.24. The number of nitrogens with zero attached hydrogens (tertiary/aromatic N) is 2. The normalized spacial score (nSPS) is 16.8. The summed E-state index contributed by atoms with van der Waals surface area (Å²) in [6.07, 6.45) is 2.77. The molecule has 0 fully saturated rings. The summed E-state index contributed by atoms with van der Waals surface area (Å²) in [6.45, 7) is 5.10. The van der Waals surface area contributed by atoms with Crippen LogP contribution in [0.4, 0.5) is 4.39 Å². The number of halogens is 1. The zero-order chi connectivity index (χ0) is 16.4. The Hall–Kier alpha value is -1.53. The number of fused-ring (bicyclic) bond motifs is 1. The number of methoxy groups -OCH3 is 1. The number of hydrogen-bond donors (Lipinski definition) is 1. The quantitative estimate of drug-likeness (QED) is 0.876. The number of aryl methyl sites for hydroxylation is 1. The molecule has 0 spiro atoms. The predicted molar refractivity (Wildman–Crippen MR) is 89.7 cm³/mol. The maximum absolute atomic E-state index is 13.8. The maximum atomic E-state index is 13.8. The largest absolute Gasteiger partial charge is 0.494 e. The van der Waals surface area contributed by atoms with Crippen molar-refractivity contribution in [2.24, 2.45) is 0 Å². The molecule has 1 heterocycles. The van der Waals surface area contributed by atoms with Gasteiger partial charge < -0.3 is 10.1 Å². The molecule has 0 amide bonds. The Labute approximate surface area is 140 Å². The van der Waals surface area contributed by atoms with Crippen LogP contribution in [-0.4, -0.2) is 23.9 Å². The van der Waals surface area contributed by atoms with E-state index < -0.39 is 0 Å². The van der Waals surface area contributed by atoms with Gasteiger partial charge in [-0.15, -0.1) is 21.5 Å². The molecule has 0 saturated heterocycles. The standard InChI is InChI=1S/C17H22FN3OS/c1-10(2)17-21-20-16(23-17)6-7-19-14-5-4-11-8-13(18)15(22-3)9-12(11)14/h8-10,14,19H,4-7H2,1-3H3. The van der Waals surface area contributed by atoms with Gasteiger partial charge in [-0.1, -0.05) is 13.8 Å². The summed E-state index contributed by atoms with van der Waals surface area (Å²) in [4.78, 5) is 0. The maximum Gasteiger partial charge on any atom is 0.165 e. The van der Waals surface area contributed by atoms with Crippen molar-refractivity contribution < 1.29 is 9.13 Å². The first-order valence-corrected chi connectivity index (χ1v) is 8.82. The number of aromatic nitrogens is 2. The minimum Gasteiger partial charge on any atom is -0.494 e. The van der Waals surface area contributed by atoms with Crippen molar-refractivity contribution in [3.8, 4) is 5.75 Å². The van der Waals surface area contributed by atoms with Gasteiger partial charge in [-0.05, 0) is 36.1 Å². The Kier molecular flexibility index (Phi) is 4.92. The highest BCUT2D eigenvalue weighted by Crippen LogP contribution is 2.35. The van der Waals surface area contributed by atoms with Crippen LogP contribution in [-0.2, 0) is 12.8 Å². The highest BCUT2D eigenvalue weighted by Gasteiger charge is 2.24. The molecule has 0 radical (unpaired) electrons. The van der Waals surface area contributed by atoms with E-state index in [1.54, 1.807) is 17.4 Å². The summed E-state index contributed by atoms with van der Waals surface area (Å²) < 4.78 is 18.9. The molecule has 0 saturated carbocycles. The summed E-state index contributed by atoms with van der Waals surface area (Å²) in [6, 6.07) is 3.70. The van der Waals surface area contributed by atoms with Gasteiger partial charge in [0, 0.05) is 24.9 Å². The first-order chi connectivity index (χ1) is 11.1. The second-order valence-electron chi connectivity index (χ2n) is 6.17. The van der Waals surface area contributed by atoms with Crippen LogP contribution in [0.2, 0.25) is 0 Å². The van der Waals surface area contributed by atoms with Crippen molar-refractivity contribution >= 4 is 11.3 Å². The average molecular weight is 335 g/mol. The fourth-order valence-corrected chi connectivity index (χ4v) is 3.77. The van der Waals surface area contributed by atoms with Gasteiger partial charge in [-0.25, -0.2) is 4.39 Å². The van der Waals surface area contributed by atoms with E-state index in [0.29, 0.717) is 11.7 Å². The number of ether oxygens (including phenoxy) is 1. The number of rotatable bonds is 6. The van der Waals surface area contributed by atoms with Gasteiger partial charge in [-0.2, -0.15) is 0 Å². The topological polar surface area (TPSA) is 47.0 Å². The molecule has 1 aromatic heterocycles. The van der Waals surface area contributed by atoms with E-state index in [4.69, 9.17) is 4.74 Å². The molecule has 1 aliphatic rings. The van der Waals surface area contributed by atoms with Crippen molar-refractivity contribution in [1.29, 1.82) is 0 Å². The van der Waals surface area contributed by atoms with Crippen LogP contribution in [0.25, 0.3) is 0 Å². The summed E-state index contributed by atoms with van der Waals surface area (Å²) in [5, 5.41) is 14.2. The molecule has 1 N–H and O–H groups in total. The Bertz CT molecular complexity index is 686. The smallest absolute Gasteiger partial charge is 0.165 e. The van der Waals surface area contributed by atoms with Crippen molar-refractivity contribution in [2.75, 3.05) is 13.7 Å². The zero-order valence-electron chi connectivity index (χ0n) is 13.7. The van der Waals surface area contributed by atoms with E-state index in [2.05, 4.69) is 29.4 Å². The number of benzene rings is 1. The van der Waals surface area contributed by atoms with Crippen LogP contribution < -0.4 is 10.1 Å². The SMILES string of the molecule is COc1cc2c(cc1F)CCC2NCCc1nnc(C(C)C)s1. The fraction of sp³-hybridized carbons (Fsp3) is 0.529. The van der Waals surface area contributed by atoms with Gasteiger partial charge in [0.05, 0.1) is 7.11 Å². The van der Waals surface area contributed by atoms with E-state index in [1.807, 2.05) is 6.07 Å². The molecule has 1 aliphatic carbocycles. The lowest BCUT2D eigenvalue weighted by molar-refractivity contribution is 0.385. The van der Waals surface area contributed by atoms with Crippen LogP contribution in [0.3, 0.4) is 0 Å². The average Bonchev–Trinajstić information content (AvgIpc) is 3.14. The Morgan fingerprint density at radius 3 is 2.91 bits per heavy atom. The van der Waals surface area contributed by atoms with Gasteiger partial charge in [0.1, 0.15) is 10.0 Å². The van der Waals surface area contributed by atoms with E-state index in [9.17, 15) is 4.39 Å². The Balaban J connectivity index is 1.60. The molecular formula is C17H22FN3OS. The lowest BCUT2D eigenvalue weighted by Crippen LogP contribution is -2.22. The molecule has 1 unspecified atom stereocenters. The Morgan fingerprint density at radius 2 is 2.22 bits per heavy atom. The predicted octanol–water partition coefficient (Wildman–Crippen LogP) is 3.63. The van der Waals surface area contributed by atoms with E-state index in [-0.39, 0.29) is 11.9 Å². The summed E-state index contributed by atoms with van der Waals surface area (Å²) in [7, 11) is 1.50. The molecule has 1 aromatic carbocycles. The molecule has 0 aliphatic heterocycles. The zero-order valence-corrected chi connectivity index (χ0v) is 14.5. The molecule has 0 bridgehead atoms. The number of hydrogen-bond acceptors (Lipinski definition) is 5. The first-order valence-electron chi connectivity index (χ1n) is 8.00. The van der Waals surface area contributed by atoms with Crippen LogP contribution >= 0.6 is 11.3 Å². The number of nitrogens with one attached hydrogen (secondary N) is 1. The van der Waals surface area contributed by atoms with Gasteiger partial charge in [0.25, 0.3) is 0 Å². The monoisotopic (exact) mass is 335 g/mol. The van der Waals surface area contributed by atoms with E-state index in [0.717, 1.165) is 46.9 Å². The van der Waals surface area contributed by atoms with Gasteiger partial charge in [-0.3, -0.25) is 0 Å².